The van der Waals surface area contributed by atoms with Crippen LogP contribution in [-0.2, 0) is 14.6 Å². The highest BCUT2D eigenvalue weighted by atomic mass is 32.2. The van der Waals surface area contributed by atoms with E-state index >= 15 is 0 Å². The molecule has 1 heterocycles. The average molecular weight is 383 g/mol. The number of likely N-dealkylation sites (tertiary alicyclic amines) is 1. The summed E-state index contributed by atoms with van der Waals surface area (Å²) >= 11 is 0. The summed E-state index contributed by atoms with van der Waals surface area (Å²) in [5, 5.41) is 3.21. The fraction of sp³-hybridized carbons (Fsp3) is 0.632. The second-order valence-corrected chi connectivity index (χ2v) is 8.95. The molecule has 7 heteroatoms. The summed E-state index contributed by atoms with van der Waals surface area (Å²) in [5.74, 6) is 1.58. The van der Waals surface area contributed by atoms with Crippen molar-refractivity contribution in [1.82, 2.24) is 10.2 Å². The van der Waals surface area contributed by atoms with Crippen LogP contribution in [0.1, 0.15) is 32.1 Å². The number of hydrogen-bond acceptors (Lipinski definition) is 5. The zero-order valence-corrected chi connectivity index (χ0v) is 16.6. The molecule has 0 radical (unpaired) electrons. The van der Waals surface area contributed by atoms with Crippen LogP contribution in [0.25, 0.3) is 0 Å². The molecule has 1 aromatic rings. The molecule has 26 heavy (non-hydrogen) atoms. The number of piperidine rings is 1. The third-order valence-corrected chi connectivity index (χ3v) is 5.89. The van der Waals surface area contributed by atoms with Crippen molar-refractivity contribution in [2.75, 3.05) is 39.5 Å². The van der Waals surface area contributed by atoms with Crippen LogP contribution in [0.3, 0.4) is 0 Å². The van der Waals surface area contributed by atoms with Crippen molar-refractivity contribution in [1.29, 1.82) is 0 Å². The van der Waals surface area contributed by atoms with Crippen molar-refractivity contribution in [2.45, 2.75) is 37.0 Å². The molecule has 1 saturated heterocycles. The van der Waals surface area contributed by atoms with Crippen LogP contribution in [0.4, 0.5) is 0 Å². The van der Waals surface area contributed by atoms with Gasteiger partial charge in [-0.05, 0) is 69.5 Å². The standard InChI is InChI=1S/C19H30N2O4S/c1-20-15-16-10-12-21(13-11-16)19(22)5-3-4-14-25-17-6-8-18(9-7-17)26(2,23)24/h6-9,16,20H,3-5,10-15H2,1-2H3. The molecule has 0 saturated carbocycles. The number of carbonyl (C=O) groups excluding carboxylic acids is 1. The summed E-state index contributed by atoms with van der Waals surface area (Å²) in [7, 11) is -1.21. The summed E-state index contributed by atoms with van der Waals surface area (Å²) < 4.78 is 28.4. The number of amides is 1. The van der Waals surface area contributed by atoms with Gasteiger partial charge in [-0.2, -0.15) is 0 Å². The van der Waals surface area contributed by atoms with E-state index in [4.69, 9.17) is 4.74 Å². The Kier molecular flexibility index (Phi) is 7.90. The molecule has 6 nitrogen and oxygen atoms in total. The Morgan fingerprint density at radius 2 is 1.85 bits per heavy atom. The van der Waals surface area contributed by atoms with E-state index in [9.17, 15) is 13.2 Å². The Balaban J connectivity index is 1.61. The van der Waals surface area contributed by atoms with Gasteiger partial charge in [-0.25, -0.2) is 8.42 Å². The van der Waals surface area contributed by atoms with Gasteiger partial charge in [0.1, 0.15) is 5.75 Å². The number of nitrogens with zero attached hydrogens (tertiary/aromatic N) is 1. The lowest BCUT2D eigenvalue weighted by molar-refractivity contribution is -0.132. The number of nitrogens with one attached hydrogen (secondary N) is 1. The molecular formula is C19H30N2O4S. The molecule has 1 amide bonds. The molecule has 0 bridgehead atoms. The summed E-state index contributed by atoms with van der Waals surface area (Å²) in [6, 6.07) is 6.42. The lowest BCUT2D eigenvalue weighted by atomic mass is 9.96. The van der Waals surface area contributed by atoms with Crippen LogP contribution in [-0.4, -0.2) is 58.8 Å². The van der Waals surface area contributed by atoms with Gasteiger partial charge in [-0.3, -0.25) is 4.79 Å². The Morgan fingerprint density at radius 3 is 2.42 bits per heavy atom. The molecule has 0 atom stereocenters. The molecule has 0 spiro atoms. The minimum atomic E-state index is -3.18. The first kappa shape index (κ1) is 20.7. The minimum Gasteiger partial charge on any atom is -0.494 e. The SMILES string of the molecule is CNCC1CCN(C(=O)CCCCOc2ccc(S(C)(=O)=O)cc2)CC1. The highest BCUT2D eigenvalue weighted by Crippen LogP contribution is 2.18. The van der Waals surface area contributed by atoms with Crippen molar-refractivity contribution in [3.05, 3.63) is 24.3 Å². The third-order valence-electron chi connectivity index (χ3n) is 4.77. The number of hydrogen-bond donors (Lipinski definition) is 1. The third kappa shape index (κ3) is 6.61. The van der Waals surface area contributed by atoms with Crippen LogP contribution in [0.15, 0.2) is 29.2 Å². The van der Waals surface area contributed by atoms with Crippen LogP contribution >= 0.6 is 0 Å². The Hall–Kier alpha value is -1.60. The second kappa shape index (κ2) is 9.92. The van der Waals surface area contributed by atoms with Gasteiger partial charge in [-0.15, -0.1) is 0 Å². The van der Waals surface area contributed by atoms with Gasteiger partial charge in [0.15, 0.2) is 9.84 Å². The van der Waals surface area contributed by atoms with Crippen molar-refractivity contribution in [2.24, 2.45) is 5.92 Å². The van der Waals surface area contributed by atoms with Crippen LogP contribution in [0.5, 0.6) is 5.75 Å². The van der Waals surface area contributed by atoms with Gasteiger partial charge in [-0.1, -0.05) is 0 Å². The fourth-order valence-corrected chi connectivity index (χ4v) is 3.82. The zero-order valence-electron chi connectivity index (χ0n) is 15.7. The molecule has 2 rings (SSSR count). The molecule has 1 N–H and O–H groups in total. The average Bonchev–Trinajstić information content (AvgIpc) is 2.62. The topological polar surface area (TPSA) is 75.7 Å². The van der Waals surface area contributed by atoms with E-state index in [-0.39, 0.29) is 10.8 Å². The van der Waals surface area contributed by atoms with Crippen molar-refractivity contribution in [3.63, 3.8) is 0 Å². The first-order valence-electron chi connectivity index (χ1n) is 9.25. The Morgan fingerprint density at radius 1 is 1.19 bits per heavy atom. The maximum absolute atomic E-state index is 12.2. The summed E-state index contributed by atoms with van der Waals surface area (Å²) in [6.07, 6.45) is 5.51. The molecule has 0 aromatic heterocycles. The smallest absolute Gasteiger partial charge is 0.222 e. The van der Waals surface area contributed by atoms with Crippen LogP contribution in [0.2, 0.25) is 0 Å². The highest BCUT2D eigenvalue weighted by Gasteiger charge is 2.21. The van der Waals surface area contributed by atoms with Gasteiger partial charge >= 0.3 is 0 Å². The number of carbonyl (C=O) groups is 1. The van der Waals surface area contributed by atoms with E-state index in [2.05, 4.69) is 5.32 Å². The number of benzene rings is 1. The van der Waals surface area contributed by atoms with Crippen molar-refractivity contribution < 1.29 is 17.9 Å². The van der Waals surface area contributed by atoms with E-state index in [1.165, 1.54) is 6.26 Å². The molecule has 1 fully saturated rings. The first-order valence-corrected chi connectivity index (χ1v) is 11.1. The van der Waals surface area contributed by atoms with Gasteiger partial charge in [0, 0.05) is 25.8 Å². The summed E-state index contributed by atoms with van der Waals surface area (Å²) in [5.41, 5.74) is 0. The first-order chi connectivity index (χ1) is 12.4. The molecule has 1 aromatic carbocycles. The van der Waals surface area contributed by atoms with Crippen molar-refractivity contribution >= 4 is 15.7 Å². The molecule has 1 aliphatic rings. The van der Waals surface area contributed by atoms with E-state index < -0.39 is 9.84 Å². The normalized spacial score (nSPS) is 15.8. The molecule has 0 aliphatic carbocycles. The lowest BCUT2D eigenvalue weighted by Crippen LogP contribution is -2.40. The number of sulfone groups is 1. The van der Waals surface area contributed by atoms with Gasteiger partial charge < -0.3 is 15.0 Å². The quantitative estimate of drug-likeness (QED) is 0.662. The van der Waals surface area contributed by atoms with Crippen LogP contribution in [0, 0.1) is 5.92 Å². The predicted molar refractivity (Wildman–Crippen MR) is 102 cm³/mol. The highest BCUT2D eigenvalue weighted by molar-refractivity contribution is 7.90. The minimum absolute atomic E-state index is 0.241. The number of rotatable bonds is 9. The van der Waals surface area contributed by atoms with Gasteiger partial charge in [0.25, 0.3) is 0 Å². The van der Waals surface area contributed by atoms with E-state index in [1.807, 2.05) is 11.9 Å². The number of unbranched alkanes of at least 4 members (excludes halogenated alkanes) is 1. The monoisotopic (exact) mass is 382 g/mol. The van der Waals surface area contributed by atoms with Gasteiger partial charge in [0.05, 0.1) is 11.5 Å². The zero-order chi connectivity index (χ0) is 19.0. The molecular weight excluding hydrogens is 352 g/mol. The molecule has 0 unspecified atom stereocenters. The molecule has 1 aliphatic heterocycles. The van der Waals surface area contributed by atoms with Crippen LogP contribution < -0.4 is 10.1 Å². The maximum atomic E-state index is 12.2. The summed E-state index contributed by atoms with van der Waals surface area (Å²) in [4.78, 5) is 14.5. The lowest BCUT2D eigenvalue weighted by Gasteiger charge is -2.32. The van der Waals surface area contributed by atoms with Gasteiger partial charge in [0.2, 0.25) is 5.91 Å². The second-order valence-electron chi connectivity index (χ2n) is 6.93. The van der Waals surface area contributed by atoms with Crippen molar-refractivity contribution in [3.8, 4) is 5.75 Å². The maximum Gasteiger partial charge on any atom is 0.222 e. The predicted octanol–water partition coefficient (Wildman–Crippen LogP) is 2.10. The Labute approximate surface area is 156 Å². The Bertz CT molecular complexity index is 665. The van der Waals surface area contributed by atoms with E-state index in [1.54, 1.807) is 24.3 Å². The van der Waals surface area contributed by atoms with E-state index in [0.29, 0.717) is 24.7 Å². The molecule has 146 valence electrons. The largest absolute Gasteiger partial charge is 0.494 e. The number of ether oxygens (including phenoxy) is 1. The van der Waals surface area contributed by atoms with E-state index in [0.717, 1.165) is 45.3 Å². The fourth-order valence-electron chi connectivity index (χ4n) is 3.18. The summed E-state index contributed by atoms with van der Waals surface area (Å²) in [6.45, 7) is 3.29.